The van der Waals surface area contributed by atoms with E-state index in [4.69, 9.17) is 4.74 Å². The molecule has 1 atom stereocenters. The van der Waals surface area contributed by atoms with E-state index in [2.05, 4.69) is 5.32 Å². The van der Waals surface area contributed by atoms with Crippen molar-refractivity contribution in [2.24, 2.45) is 0 Å². The first-order chi connectivity index (χ1) is 11.1. The second-order valence-corrected chi connectivity index (χ2v) is 7.80. The number of amides is 2. The lowest BCUT2D eigenvalue weighted by atomic mass is 10.00. The number of hydrogen-bond acceptors (Lipinski definition) is 3. The second kappa shape index (κ2) is 7.01. The molecule has 23 heavy (non-hydrogen) atoms. The molecule has 2 fully saturated rings. The molecule has 1 spiro atoms. The van der Waals surface area contributed by atoms with E-state index in [-0.39, 0.29) is 11.6 Å². The molecule has 1 aliphatic heterocycles. The molecule has 1 aromatic rings. The predicted molar refractivity (Wildman–Crippen MR) is 89.7 cm³/mol. The molecule has 2 aliphatic rings. The zero-order valence-electron chi connectivity index (χ0n) is 13.5. The number of carbonyl (C=O) groups is 1. The summed E-state index contributed by atoms with van der Waals surface area (Å²) < 4.78 is 17.3. The molecule has 1 saturated carbocycles. The van der Waals surface area contributed by atoms with Crippen LogP contribution in [-0.2, 0) is 22.1 Å². The number of nitrogens with zero attached hydrogens (tertiary/aromatic N) is 1. The predicted octanol–water partition coefficient (Wildman–Crippen LogP) is 2.28. The number of benzene rings is 1. The molecule has 1 saturated heterocycles. The summed E-state index contributed by atoms with van der Waals surface area (Å²) in [4.78, 5) is 15.1. The van der Waals surface area contributed by atoms with Crippen LogP contribution in [0.2, 0.25) is 0 Å². The molecule has 0 unspecified atom stereocenters. The minimum atomic E-state index is -0.968. The third kappa shape index (κ3) is 3.93. The summed E-state index contributed by atoms with van der Waals surface area (Å²) in [5, 5.41) is 2.98. The topological polar surface area (TPSA) is 58.6 Å². The Bertz CT molecular complexity index is 582. The van der Waals surface area contributed by atoms with Crippen molar-refractivity contribution >= 4 is 16.8 Å². The van der Waals surface area contributed by atoms with Crippen molar-refractivity contribution < 1.29 is 13.7 Å². The lowest BCUT2D eigenvalue weighted by molar-refractivity contribution is -0.0925. The maximum atomic E-state index is 12.4. The fourth-order valence-electron chi connectivity index (χ4n) is 3.43. The lowest BCUT2D eigenvalue weighted by Crippen LogP contribution is -2.54. The molecule has 1 heterocycles. The third-order valence-electron chi connectivity index (χ3n) is 4.75. The van der Waals surface area contributed by atoms with Crippen LogP contribution in [0.5, 0.6) is 0 Å². The van der Waals surface area contributed by atoms with Crippen LogP contribution in [0.1, 0.15) is 31.2 Å². The lowest BCUT2D eigenvalue weighted by Gasteiger charge is -2.40. The van der Waals surface area contributed by atoms with Crippen molar-refractivity contribution in [3.63, 3.8) is 0 Å². The highest BCUT2D eigenvalue weighted by Crippen LogP contribution is 2.35. The number of hydrogen-bond donors (Lipinski definition) is 1. The van der Waals surface area contributed by atoms with Crippen LogP contribution in [0.15, 0.2) is 29.2 Å². The van der Waals surface area contributed by atoms with Crippen LogP contribution >= 0.6 is 0 Å². The van der Waals surface area contributed by atoms with E-state index in [9.17, 15) is 9.00 Å². The Labute approximate surface area is 139 Å². The highest BCUT2D eigenvalue weighted by Gasteiger charge is 2.40. The first kappa shape index (κ1) is 16.5. The minimum Gasteiger partial charge on any atom is -0.371 e. The Kier molecular flexibility index (Phi) is 5.02. The largest absolute Gasteiger partial charge is 0.371 e. The van der Waals surface area contributed by atoms with Gasteiger partial charge in [-0.2, -0.15) is 0 Å². The summed E-state index contributed by atoms with van der Waals surface area (Å²) in [6.07, 6.45) is 6.17. The van der Waals surface area contributed by atoms with E-state index in [1.54, 1.807) is 6.26 Å². The van der Waals surface area contributed by atoms with Gasteiger partial charge in [-0.15, -0.1) is 0 Å². The normalized spacial score (nSPS) is 21.3. The molecule has 0 bridgehead atoms. The third-order valence-corrected chi connectivity index (χ3v) is 5.69. The summed E-state index contributed by atoms with van der Waals surface area (Å²) >= 11 is 0. The maximum absolute atomic E-state index is 12.4. The van der Waals surface area contributed by atoms with Crippen LogP contribution in [0, 0.1) is 0 Å². The molecule has 1 aliphatic carbocycles. The monoisotopic (exact) mass is 336 g/mol. The molecule has 5 nitrogen and oxygen atoms in total. The molecule has 0 aromatic heterocycles. The number of urea groups is 1. The van der Waals surface area contributed by atoms with Gasteiger partial charge in [-0.3, -0.25) is 4.21 Å². The van der Waals surface area contributed by atoms with Crippen molar-refractivity contribution in [3.8, 4) is 0 Å². The quantitative estimate of drug-likeness (QED) is 0.921. The standard InChI is InChI=1S/C17H24N2O3S/c1-23(21)15-6-4-14(5-7-15)12-18-16(20)19-10-11-22-17(13-19)8-2-3-9-17/h4-7H,2-3,8-13H2,1H3,(H,18,20)/t23-/m1/s1. The summed E-state index contributed by atoms with van der Waals surface area (Å²) in [6, 6.07) is 7.49. The highest BCUT2D eigenvalue weighted by molar-refractivity contribution is 7.84. The maximum Gasteiger partial charge on any atom is 0.317 e. The fraction of sp³-hybridized carbons (Fsp3) is 0.588. The number of nitrogens with one attached hydrogen (secondary N) is 1. The fourth-order valence-corrected chi connectivity index (χ4v) is 3.95. The number of morpholine rings is 1. The van der Waals surface area contributed by atoms with Gasteiger partial charge in [0.2, 0.25) is 0 Å². The summed E-state index contributed by atoms with van der Waals surface area (Å²) in [7, 11) is -0.968. The first-order valence-electron chi connectivity index (χ1n) is 8.17. The average molecular weight is 336 g/mol. The molecule has 2 amide bonds. The van der Waals surface area contributed by atoms with Gasteiger partial charge in [0.1, 0.15) is 0 Å². The van der Waals surface area contributed by atoms with Crippen molar-refractivity contribution in [2.45, 2.75) is 42.7 Å². The number of carbonyl (C=O) groups excluding carboxylic acids is 1. The second-order valence-electron chi connectivity index (χ2n) is 6.42. The van der Waals surface area contributed by atoms with Gasteiger partial charge in [0, 0.05) is 35.0 Å². The van der Waals surface area contributed by atoms with Crippen LogP contribution in [0.4, 0.5) is 4.79 Å². The number of rotatable bonds is 3. The van der Waals surface area contributed by atoms with Crippen molar-refractivity contribution in [1.29, 1.82) is 0 Å². The van der Waals surface area contributed by atoms with Crippen molar-refractivity contribution in [1.82, 2.24) is 10.2 Å². The molecular formula is C17H24N2O3S. The van der Waals surface area contributed by atoms with E-state index in [1.165, 1.54) is 12.8 Å². The average Bonchev–Trinajstić information content (AvgIpc) is 3.00. The van der Waals surface area contributed by atoms with Crippen molar-refractivity contribution in [2.75, 3.05) is 26.0 Å². The Hall–Kier alpha value is -1.40. The van der Waals surface area contributed by atoms with Crippen LogP contribution in [-0.4, -0.2) is 46.7 Å². The number of ether oxygens (including phenoxy) is 1. The van der Waals surface area contributed by atoms with Gasteiger partial charge in [0.15, 0.2) is 0 Å². The van der Waals surface area contributed by atoms with E-state index in [0.29, 0.717) is 26.2 Å². The van der Waals surface area contributed by atoms with Gasteiger partial charge < -0.3 is 15.0 Å². The van der Waals surface area contributed by atoms with Crippen LogP contribution in [0.25, 0.3) is 0 Å². The van der Waals surface area contributed by atoms with Crippen LogP contribution < -0.4 is 5.32 Å². The summed E-state index contributed by atoms with van der Waals surface area (Å²) in [5.41, 5.74) is 0.916. The van der Waals surface area contributed by atoms with Gasteiger partial charge in [-0.05, 0) is 30.5 Å². The van der Waals surface area contributed by atoms with E-state index < -0.39 is 10.8 Å². The first-order valence-corrected chi connectivity index (χ1v) is 9.73. The van der Waals surface area contributed by atoms with Gasteiger partial charge in [-0.25, -0.2) is 4.79 Å². The van der Waals surface area contributed by atoms with Gasteiger partial charge in [0.25, 0.3) is 0 Å². The zero-order valence-corrected chi connectivity index (χ0v) is 14.4. The SMILES string of the molecule is C[S@@](=O)c1ccc(CNC(=O)N2CCOC3(CCCC3)C2)cc1. The Morgan fingerprint density at radius 1 is 1.30 bits per heavy atom. The molecule has 6 heteroatoms. The Morgan fingerprint density at radius 2 is 2.00 bits per heavy atom. The Balaban J connectivity index is 1.53. The Morgan fingerprint density at radius 3 is 2.65 bits per heavy atom. The van der Waals surface area contributed by atoms with Gasteiger partial charge in [-0.1, -0.05) is 25.0 Å². The van der Waals surface area contributed by atoms with E-state index in [1.807, 2.05) is 29.2 Å². The van der Waals surface area contributed by atoms with Crippen molar-refractivity contribution in [3.05, 3.63) is 29.8 Å². The van der Waals surface area contributed by atoms with Gasteiger partial charge in [0.05, 0.1) is 18.8 Å². The van der Waals surface area contributed by atoms with Gasteiger partial charge >= 0.3 is 6.03 Å². The highest BCUT2D eigenvalue weighted by atomic mass is 32.2. The summed E-state index contributed by atoms with van der Waals surface area (Å²) in [6.45, 7) is 2.47. The van der Waals surface area contributed by atoms with E-state index in [0.717, 1.165) is 23.3 Å². The molecule has 126 valence electrons. The minimum absolute atomic E-state index is 0.0253. The zero-order chi connectivity index (χ0) is 16.3. The molecule has 0 radical (unpaired) electrons. The van der Waals surface area contributed by atoms with Crippen LogP contribution in [0.3, 0.4) is 0 Å². The molecule has 1 aromatic carbocycles. The summed E-state index contributed by atoms with van der Waals surface area (Å²) in [5.74, 6) is 0. The molecule has 3 rings (SSSR count). The molecular weight excluding hydrogens is 312 g/mol. The molecule has 1 N–H and O–H groups in total. The van der Waals surface area contributed by atoms with E-state index >= 15 is 0 Å². The smallest absolute Gasteiger partial charge is 0.317 e.